The summed E-state index contributed by atoms with van der Waals surface area (Å²) >= 11 is 0. The van der Waals surface area contributed by atoms with E-state index in [0.29, 0.717) is 12.0 Å². The van der Waals surface area contributed by atoms with Crippen LogP contribution in [0.2, 0.25) is 0 Å². The second kappa shape index (κ2) is 7.26. The second-order valence-electron chi connectivity index (χ2n) is 5.61. The van der Waals surface area contributed by atoms with Crippen molar-refractivity contribution < 1.29 is 0 Å². The van der Waals surface area contributed by atoms with Crippen LogP contribution in [0.5, 0.6) is 0 Å². The van der Waals surface area contributed by atoms with Gasteiger partial charge in [0.1, 0.15) is 0 Å². The zero-order valence-electron chi connectivity index (χ0n) is 12.9. The average molecular weight is 302 g/mol. The lowest BCUT2D eigenvalue weighted by atomic mass is 10.3. The summed E-state index contributed by atoms with van der Waals surface area (Å²) in [6, 6.07) is 2.20. The molecule has 1 unspecified atom stereocenters. The molecule has 22 heavy (non-hydrogen) atoms. The highest BCUT2D eigenvalue weighted by molar-refractivity contribution is 5.25. The zero-order chi connectivity index (χ0) is 15.2. The summed E-state index contributed by atoms with van der Waals surface area (Å²) in [6.45, 7) is 5.85. The molecule has 0 aliphatic carbocycles. The fraction of sp³-hybridized carbons (Fsp3) is 0.643. The number of likely N-dealkylation sites (tertiary alicyclic amines) is 1. The standard InChI is InChI=1S/C14H22N8/c1-2-3-8-22-13(18-19-20-22)11-21-9-5-12(10-21)17-14-15-6-4-7-16-14/h4,6-7,12H,2-3,5,8-11H2,1H3,(H,15,16,17). The van der Waals surface area contributed by atoms with Gasteiger partial charge in [0.2, 0.25) is 5.95 Å². The van der Waals surface area contributed by atoms with Crippen molar-refractivity contribution in [3.8, 4) is 0 Å². The van der Waals surface area contributed by atoms with Gasteiger partial charge in [-0.1, -0.05) is 13.3 Å². The van der Waals surface area contributed by atoms with Gasteiger partial charge in [-0.2, -0.15) is 0 Å². The van der Waals surface area contributed by atoms with E-state index in [0.717, 1.165) is 51.3 Å². The van der Waals surface area contributed by atoms with E-state index in [-0.39, 0.29) is 0 Å². The Morgan fingerprint density at radius 1 is 1.32 bits per heavy atom. The molecule has 1 aliphatic rings. The van der Waals surface area contributed by atoms with Crippen molar-refractivity contribution in [3.63, 3.8) is 0 Å². The van der Waals surface area contributed by atoms with E-state index in [4.69, 9.17) is 0 Å². The lowest BCUT2D eigenvalue weighted by Crippen LogP contribution is -2.27. The summed E-state index contributed by atoms with van der Waals surface area (Å²) < 4.78 is 1.92. The van der Waals surface area contributed by atoms with Crippen molar-refractivity contribution in [2.75, 3.05) is 18.4 Å². The monoisotopic (exact) mass is 302 g/mol. The maximum absolute atomic E-state index is 4.21. The molecule has 0 radical (unpaired) electrons. The van der Waals surface area contributed by atoms with Crippen LogP contribution in [0.4, 0.5) is 5.95 Å². The van der Waals surface area contributed by atoms with Crippen LogP contribution in [0.15, 0.2) is 18.5 Å². The Balaban J connectivity index is 1.52. The van der Waals surface area contributed by atoms with Gasteiger partial charge in [0.25, 0.3) is 0 Å². The van der Waals surface area contributed by atoms with Crippen LogP contribution in [0.1, 0.15) is 32.0 Å². The third-order valence-electron chi connectivity index (χ3n) is 3.87. The lowest BCUT2D eigenvalue weighted by Gasteiger charge is -2.16. The van der Waals surface area contributed by atoms with Gasteiger partial charge in [-0.25, -0.2) is 14.6 Å². The number of aromatic nitrogens is 6. The molecular weight excluding hydrogens is 280 g/mol. The first-order valence-electron chi connectivity index (χ1n) is 7.86. The normalized spacial score (nSPS) is 18.7. The van der Waals surface area contributed by atoms with Crippen LogP contribution < -0.4 is 5.32 Å². The zero-order valence-corrected chi connectivity index (χ0v) is 12.9. The van der Waals surface area contributed by atoms with Gasteiger partial charge in [0, 0.05) is 38.1 Å². The molecule has 0 amide bonds. The number of unbranched alkanes of at least 4 members (excludes halogenated alkanes) is 1. The van der Waals surface area contributed by atoms with Crippen LogP contribution in [0.25, 0.3) is 0 Å². The number of hydrogen-bond donors (Lipinski definition) is 1. The number of hydrogen-bond acceptors (Lipinski definition) is 7. The SMILES string of the molecule is CCCCn1nnnc1CN1CCC(Nc2ncccn2)C1. The molecule has 3 rings (SSSR count). The minimum Gasteiger partial charge on any atom is -0.350 e. The Labute approximate surface area is 129 Å². The van der Waals surface area contributed by atoms with Crippen LogP contribution in [-0.2, 0) is 13.1 Å². The highest BCUT2D eigenvalue weighted by Gasteiger charge is 2.24. The van der Waals surface area contributed by atoms with Gasteiger partial charge >= 0.3 is 0 Å². The maximum Gasteiger partial charge on any atom is 0.222 e. The van der Waals surface area contributed by atoms with Gasteiger partial charge in [0.05, 0.1) is 6.54 Å². The Morgan fingerprint density at radius 3 is 3.00 bits per heavy atom. The van der Waals surface area contributed by atoms with Crippen molar-refractivity contribution in [2.24, 2.45) is 0 Å². The number of aryl methyl sites for hydroxylation is 1. The predicted octanol–water partition coefficient (Wildman–Crippen LogP) is 0.950. The molecule has 1 aliphatic heterocycles. The molecule has 118 valence electrons. The van der Waals surface area contributed by atoms with E-state index in [1.165, 1.54) is 0 Å². The van der Waals surface area contributed by atoms with Gasteiger partial charge in [0.15, 0.2) is 5.82 Å². The number of anilines is 1. The number of rotatable bonds is 7. The summed E-state index contributed by atoms with van der Waals surface area (Å²) in [7, 11) is 0. The van der Waals surface area contributed by atoms with E-state index >= 15 is 0 Å². The molecule has 2 aromatic rings. The Kier molecular flexibility index (Phi) is 4.89. The average Bonchev–Trinajstić information content (AvgIpc) is 3.16. The van der Waals surface area contributed by atoms with Crippen molar-refractivity contribution in [1.82, 2.24) is 35.1 Å². The minimum absolute atomic E-state index is 0.377. The molecule has 1 atom stereocenters. The first kappa shape index (κ1) is 14.8. The molecule has 0 bridgehead atoms. The lowest BCUT2D eigenvalue weighted by molar-refractivity contribution is 0.310. The predicted molar refractivity (Wildman–Crippen MR) is 82.1 cm³/mol. The third kappa shape index (κ3) is 3.76. The maximum atomic E-state index is 4.21. The molecule has 1 saturated heterocycles. The summed E-state index contributed by atoms with van der Waals surface area (Å²) in [4.78, 5) is 10.8. The Hall–Kier alpha value is -2.09. The van der Waals surface area contributed by atoms with Gasteiger partial charge in [-0.05, 0) is 29.3 Å². The van der Waals surface area contributed by atoms with Crippen LogP contribution in [0, 0.1) is 0 Å². The van der Waals surface area contributed by atoms with E-state index in [1.807, 2.05) is 10.7 Å². The Morgan fingerprint density at radius 2 is 2.18 bits per heavy atom. The fourth-order valence-corrected chi connectivity index (χ4v) is 2.67. The molecule has 8 nitrogen and oxygen atoms in total. The fourth-order valence-electron chi connectivity index (χ4n) is 2.67. The summed E-state index contributed by atoms with van der Waals surface area (Å²) in [5.74, 6) is 1.65. The molecule has 0 saturated carbocycles. The van der Waals surface area contributed by atoms with Crippen molar-refractivity contribution in [3.05, 3.63) is 24.3 Å². The smallest absolute Gasteiger partial charge is 0.222 e. The summed E-state index contributed by atoms with van der Waals surface area (Å²) in [5.41, 5.74) is 0. The molecule has 1 fully saturated rings. The molecule has 2 aromatic heterocycles. The number of tetrazole rings is 1. The highest BCUT2D eigenvalue weighted by atomic mass is 15.5. The van der Waals surface area contributed by atoms with Crippen LogP contribution in [0.3, 0.4) is 0 Å². The van der Waals surface area contributed by atoms with Crippen LogP contribution >= 0.6 is 0 Å². The van der Waals surface area contributed by atoms with Crippen molar-refractivity contribution in [1.29, 1.82) is 0 Å². The topological polar surface area (TPSA) is 84.7 Å². The first-order valence-corrected chi connectivity index (χ1v) is 7.86. The van der Waals surface area contributed by atoms with E-state index in [1.54, 1.807) is 12.4 Å². The number of nitrogens with zero attached hydrogens (tertiary/aromatic N) is 7. The molecular formula is C14H22N8. The third-order valence-corrected chi connectivity index (χ3v) is 3.87. The van der Waals surface area contributed by atoms with Gasteiger partial charge < -0.3 is 5.32 Å². The van der Waals surface area contributed by atoms with Crippen LogP contribution in [-0.4, -0.2) is 54.2 Å². The minimum atomic E-state index is 0.377. The van der Waals surface area contributed by atoms with E-state index in [9.17, 15) is 0 Å². The highest BCUT2D eigenvalue weighted by Crippen LogP contribution is 2.15. The summed E-state index contributed by atoms with van der Waals surface area (Å²) in [5, 5.41) is 15.4. The van der Waals surface area contributed by atoms with Gasteiger partial charge in [-0.15, -0.1) is 5.10 Å². The molecule has 1 N–H and O–H groups in total. The quantitative estimate of drug-likeness (QED) is 0.815. The van der Waals surface area contributed by atoms with Crippen molar-refractivity contribution in [2.45, 2.75) is 45.3 Å². The number of nitrogens with one attached hydrogen (secondary N) is 1. The first-order chi connectivity index (χ1) is 10.8. The largest absolute Gasteiger partial charge is 0.350 e. The summed E-state index contributed by atoms with van der Waals surface area (Å²) in [6.07, 6.45) is 6.84. The van der Waals surface area contributed by atoms with E-state index < -0.39 is 0 Å². The van der Waals surface area contributed by atoms with Gasteiger partial charge in [-0.3, -0.25) is 4.90 Å². The van der Waals surface area contributed by atoms with E-state index in [2.05, 4.69) is 42.6 Å². The second-order valence-corrected chi connectivity index (χ2v) is 5.61. The van der Waals surface area contributed by atoms with Crippen molar-refractivity contribution >= 4 is 5.95 Å². The molecule has 8 heteroatoms. The molecule has 3 heterocycles. The molecule has 0 spiro atoms. The Bertz CT molecular complexity index is 569. The molecule has 0 aromatic carbocycles.